The average molecular weight is 369 g/mol. The molecule has 5 heteroatoms. The van der Waals surface area contributed by atoms with Gasteiger partial charge in [0.2, 0.25) is 0 Å². The summed E-state index contributed by atoms with van der Waals surface area (Å²) in [6, 6.07) is 10.3. The predicted molar refractivity (Wildman–Crippen MR) is 92.9 cm³/mol. The zero-order chi connectivity index (χ0) is 15.2. The number of hydrogen-bond acceptors (Lipinski definition) is 3. The van der Waals surface area contributed by atoms with Gasteiger partial charge in [-0.15, -0.1) is 0 Å². The minimum absolute atomic E-state index is 0.703. The molecule has 0 fully saturated rings. The number of hydrogen-bond donors (Lipinski definition) is 1. The monoisotopic (exact) mass is 367 g/mol. The number of anilines is 1. The second-order valence-corrected chi connectivity index (χ2v) is 6.12. The molecule has 1 heterocycles. The molecule has 0 spiro atoms. The first-order valence-corrected chi connectivity index (χ1v) is 8.08. The largest absolute Gasteiger partial charge is 0.355 e. The maximum Gasteiger partial charge on any atom is 0.128 e. The highest BCUT2D eigenvalue weighted by atomic mass is 79.9. The lowest BCUT2D eigenvalue weighted by molar-refractivity contribution is 0.725. The Balaban J connectivity index is 2.15. The highest BCUT2D eigenvalue weighted by molar-refractivity contribution is 9.10. The van der Waals surface area contributed by atoms with Crippen LogP contribution in [0.4, 0.5) is 5.82 Å². The van der Waals surface area contributed by atoms with Crippen molar-refractivity contribution < 1.29 is 0 Å². The number of nitrogens with zero attached hydrogens (tertiary/aromatic N) is 2. The molecule has 0 aliphatic heterocycles. The van der Waals surface area contributed by atoms with Crippen LogP contribution in [0, 0.1) is 0 Å². The highest BCUT2D eigenvalue weighted by Crippen LogP contribution is 2.23. The van der Waals surface area contributed by atoms with E-state index in [9.17, 15) is 0 Å². The van der Waals surface area contributed by atoms with E-state index >= 15 is 0 Å². The number of pyridine rings is 1. The van der Waals surface area contributed by atoms with E-state index in [0.29, 0.717) is 5.02 Å². The fourth-order valence-corrected chi connectivity index (χ4v) is 2.62. The van der Waals surface area contributed by atoms with E-state index in [0.717, 1.165) is 35.5 Å². The fraction of sp³-hybridized carbons (Fsp3) is 0.312. The molecule has 0 saturated carbocycles. The summed E-state index contributed by atoms with van der Waals surface area (Å²) in [5.41, 5.74) is 2.30. The fourth-order valence-electron chi connectivity index (χ4n) is 2.03. The van der Waals surface area contributed by atoms with Crippen molar-refractivity contribution in [3.05, 3.63) is 57.2 Å². The minimum atomic E-state index is 0.703. The van der Waals surface area contributed by atoms with Gasteiger partial charge in [-0.05, 0) is 29.8 Å². The van der Waals surface area contributed by atoms with E-state index in [4.69, 9.17) is 11.6 Å². The maximum absolute atomic E-state index is 6.19. The Labute approximate surface area is 139 Å². The van der Waals surface area contributed by atoms with E-state index in [1.807, 2.05) is 25.2 Å². The van der Waals surface area contributed by atoms with Gasteiger partial charge in [0.1, 0.15) is 5.82 Å². The second-order valence-electron chi connectivity index (χ2n) is 4.86. The molecule has 2 rings (SSSR count). The Morgan fingerprint density at radius 3 is 2.76 bits per heavy atom. The summed E-state index contributed by atoms with van der Waals surface area (Å²) in [7, 11) is 2.03. The highest BCUT2D eigenvalue weighted by Gasteiger charge is 2.09. The standard InChI is InChI=1S/C16H19BrClN3/c1-3-19-9-13-8-16(20-10-15(13)18)21(2)11-12-6-4-5-7-14(12)17/h4-8,10,19H,3,9,11H2,1-2H3. The molecule has 0 bridgehead atoms. The van der Waals surface area contributed by atoms with Crippen molar-refractivity contribution in [1.82, 2.24) is 10.3 Å². The number of aromatic nitrogens is 1. The van der Waals surface area contributed by atoms with Crippen molar-refractivity contribution in [2.45, 2.75) is 20.0 Å². The van der Waals surface area contributed by atoms with Gasteiger partial charge in [0.05, 0.1) is 5.02 Å². The molecule has 0 atom stereocenters. The molecule has 21 heavy (non-hydrogen) atoms. The summed E-state index contributed by atoms with van der Waals surface area (Å²) in [5, 5.41) is 3.99. The maximum atomic E-state index is 6.19. The van der Waals surface area contributed by atoms with E-state index < -0.39 is 0 Å². The Bertz CT molecular complexity index is 604. The van der Waals surface area contributed by atoms with E-state index in [1.165, 1.54) is 5.56 Å². The summed E-state index contributed by atoms with van der Waals surface area (Å²) in [6.07, 6.45) is 1.72. The number of nitrogens with one attached hydrogen (secondary N) is 1. The quantitative estimate of drug-likeness (QED) is 0.826. The van der Waals surface area contributed by atoms with Crippen molar-refractivity contribution in [2.24, 2.45) is 0 Å². The first-order chi connectivity index (χ1) is 10.1. The lowest BCUT2D eigenvalue weighted by Crippen LogP contribution is -2.19. The number of benzene rings is 1. The third kappa shape index (κ3) is 4.43. The van der Waals surface area contributed by atoms with Crippen LogP contribution in [0.15, 0.2) is 41.0 Å². The van der Waals surface area contributed by atoms with Crippen LogP contribution in [0.2, 0.25) is 5.02 Å². The van der Waals surface area contributed by atoms with Crippen LogP contribution in [0.1, 0.15) is 18.1 Å². The van der Waals surface area contributed by atoms with Crippen molar-refractivity contribution in [2.75, 3.05) is 18.5 Å². The Morgan fingerprint density at radius 1 is 1.29 bits per heavy atom. The lowest BCUT2D eigenvalue weighted by atomic mass is 10.2. The van der Waals surface area contributed by atoms with Crippen molar-refractivity contribution in [3.8, 4) is 0 Å². The van der Waals surface area contributed by atoms with Crippen LogP contribution < -0.4 is 10.2 Å². The molecule has 0 amide bonds. The Hall–Kier alpha value is -1.10. The molecule has 2 aromatic rings. The summed E-state index contributed by atoms with van der Waals surface area (Å²) < 4.78 is 1.11. The zero-order valence-electron chi connectivity index (χ0n) is 12.2. The molecule has 0 aliphatic rings. The summed E-state index contributed by atoms with van der Waals surface area (Å²) in [5.74, 6) is 0.919. The molecule has 1 aromatic carbocycles. The van der Waals surface area contributed by atoms with Crippen molar-refractivity contribution in [3.63, 3.8) is 0 Å². The number of halogens is 2. The number of rotatable bonds is 6. The SMILES string of the molecule is CCNCc1cc(N(C)Cc2ccccc2Br)ncc1Cl. The smallest absolute Gasteiger partial charge is 0.128 e. The average Bonchev–Trinajstić information content (AvgIpc) is 2.48. The predicted octanol–water partition coefficient (Wildman–Crippen LogP) is 4.24. The van der Waals surface area contributed by atoms with Crippen LogP contribution in [0.3, 0.4) is 0 Å². The third-order valence-electron chi connectivity index (χ3n) is 3.24. The van der Waals surface area contributed by atoms with E-state index in [2.05, 4.69) is 50.2 Å². The first-order valence-electron chi connectivity index (χ1n) is 6.91. The molecule has 0 radical (unpaired) electrons. The Kier molecular flexibility index (Phi) is 6.03. The minimum Gasteiger partial charge on any atom is -0.355 e. The van der Waals surface area contributed by atoms with Crippen LogP contribution in [-0.2, 0) is 13.1 Å². The molecule has 1 aromatic heterocycles. The van der Waals surface area contributed by atoms with Gasteiger partial charge in [-0.2, -0.15) is 0 Å². The Morgan fingerprint density at radius 2 is 2.05 bits per heavy atom. The first kappa shape index (κ1) is 16.3. The van der Waals surface area contributed by atoms with E-state index in [-0.39, 0.29) is 0 Å². The van der Waals surface area contributed by atoms with Crippen LogP contribution in [0.25, 0.3) is 0 Å². The molecule has 0 unspecified atom stereocenters. The van der Waals surface area contributed by atoms with Gasteiger partial charge in [-0.25, -0.2) is 4.98 Å². The van der Waals surface area contributed by atoms with Crippen molar-refractivity contribution in [1.29, 1.82) is 0 Å². The zero-order valence-corrected chi connectivity index (χ0v) is 14.6. The molecular formula is C16H19BrClN3. The summed E-state index contributed by atoms with van der Waals surface area (Å²) in [6.45, 7) is 4.54. The van der Waals surface area contributed by atoms with Gasteiger partial charge in [-0.3, -0.25) is 0 Å². The van der Waals surface area contributed by atoms with Crippen molar-refractivity contribution >= 4 is 33.3 Å². The van der Waals surface area contributed by atoms with Crippen LogP contribution in [0.5, 0.6) is 0 Å². The van der Waals surface area contributed by atoms with Gasteiger partial charge >= 0.3 is 0 Å². The molecular weight excluding hydrogens is 350 g/mol. The van der Waals surface area contributed by atoms with Crippen LogP contribution in [-0.4, -0.2) is 18.6 Å². The van der Waals surface area contributed by atoms with Gasteiger partial charge in [0.15, 0.2) is 0 Å². The normalized spacial score (nSPS) is 10.7. The lowest BCUT2D eigenvalue weighted by Gasteiger charge is -2.20. The molecule has 1 N–H and O–H groups in total. The van der Waals surface area contributed by atoms with E-state index in [1.54, 1.807) is 6.20 Å². The van der Waals surface area contributed by atoms with Gasteiger partial charge in [0.25, 0.3) is 0 Å². The molecule has 0 saturated heterocycles. The topological polar surface area (TPSA) is 28.2 Å². The molecule has 0 aliphatic carbocycles. The second kappa shape index (κ2) is 7.78. The van der Waals surface area contributed by atoms with Gasteiger partial charge < -0.3 is 10.2 Å². The molecule has 3 nitrogen and oxygen atoms in total. The van der Waals surface area contributed by atoms with Gasteiger partial charge in [-0.1, -0.05) is 52.7 Å². The molecule has 112 valence electrons. The third-order valence-corrected chi connectivity index (χ3v) is 4.36. The summed E-state index contributed by atoms with van der Waals surface area (Å²) >= 11 is 9.77. The van der Waals surface area contributed by atoms with Crippen LogP contribution >= 0.6 is 27.5 Å². The van der Waals surface area contributed by atoms with Gasteiger partial charge in [0, 0.05) is 30.8 Å². The summed E-state index contributed by atoms with van der Waals surface area (Å²) in [4.78, 5) is 6.54.